The van der Waals surface area contributed by atoms with Crippen LogP contribution in [0, 0.1) is 5.92 Å². The number of hydrogen-bond acceptors (Lipinski definition) is 5. The molecule has 0 radical (unpaired) electrons. The standard InChI is InChI=1S/C19H18N4OS/c1-11-3-8-15-14(9-11)16-18-22-21-17(23(18)10-20-19(16)25-15)12-4-6-13(24-2)7-5-12/h4-7,10-11H,3,8-9H2,1-2H3/t11-/m0/s1. The maximum atomic E-state index is 5.24. The molecule has 126 valence electrons. The molecule has 1 atom stereocenters. The summed E-state index contributed by atoms with van der Waals surface area (Å²) < 4.78 is 7.25. The van der Waals surface area contributed by atoms with Crippen LogP contribution in [-0.2, 0) is 12.8 Å². The van der Waals surface area contributed by atoms with Gasteiger partial charge in [-0.25, -0.2) is 4.98 Å². The fourth-order valence-electron chi connectivity index (χ4n) is 3.68. The van der Waals surface area contributed by atoms with E-state index in [0.29, 0.717) is 0 Å². The minimum atomic E-state index is 0.717. The molecule has 25 heavy (non-hydrogen) atoms. The minimum Gasteiger partial charge on any atom is -0.497 e. The monoisotopic (exact) mass is 350 g/mol. The smallest absolute Gasteiger partial charge is 0.172 e. The highest BCUT2D eigenvalue weighted by Gasteiger charge is 2.24. The van der Waals surface area contributed by atoms with Crippen LogP contribution in [0.5, 0.6) is 5.75 Å². The van der Waals surface area contributed by atoms with Gasteiger partial charge in [0.25, 0.3) is 0 Å². The quantitative estimate of drug-likeness (QED) is 0.545. The van der Waals surface area contributed by atoms with Crippen LogP contribution in [0.4, 0.5) is 0 Å². The fraction of sp³-hybridized carbons (Fsp3) is 0.316. The van der Waals surface area contributed by atoms with Gasteiger partial charge in [0.05, 0.1) is 12.5 Å². The molecule has 5 rings (SSSR count). The van der Waals surface area contributed by atoms with E-state index in [1.165, 1.54) is 22.2 Å². The highest BCUT2D eigenvalue weighted by molar-refractivity contribution is 7.19. The lowest BCUT2D eigenvalue weighted by atomic mass is 9.89. The van der Waals surface area contributed by atoms with Crippen molar-refractivity contribution in [1.29, 1.82) is 0 Å². The number of aryl methyl sites for hydroxylation is 1. The molecule has 6 heteroatoms. The molecule has 1 aromatic carbocycles. The summed E-state index contributed by atoms with van der Waals surface area (Å²) in [5, 5.41) is 10.2. The lowest BCUT2D eigenvalue weighted by Crippen LogP contribution is -2.09. The molecule has 0 bridgehead atoms. The number of ether oxygens (including phenoxy) is 1. The van der Waals surface area contributed by atoms with E-state index in [-0.39, 0.29) is 0 Å². The Morgan fingerprint density at radius 1 is 1.20 bits per heavy atom. The summed E-state index contributed by atoms with van der Waals surface area (Å²) in [5.74, 6) is 2.37. The third kappa shape index (κ3) is 2.24. The fourth-order valence-corrected chi connectivity index (χ4v) is 4.86. The van der Waals surface area contributed by atoms with Crippen molar-refractivity contribution >= 4 is 27.2 Å². The predicted molar refractivity (Wildman–Crippen MR) is 99.3 cm³/mol. The summed E-state index contributed by atoms with van der Waals surface area (Å²) in [4.78, 5) is 7.27. The van der Waals surface area contributed by atoms with E-state index >= 15 is 0 Å². The predicted octanol–water partition coefficient (Wildman–Crippen LogP) is 4.14. The Morgan fingerprint density at radius 3 is 2.84 bits per heavy atom. The molecule has 0 N–H and O–H groups in total. The highest BCUT2D eigenvalue weighted by Crippen LogP contribution is 2.39. The number of nitrogens with zero attached hydrogens (tertiary/aromatic N) is 4. The Hall–Kier alpha value is -2.47. The zero-order valence-corrected chi connectivity index (χ0v) is 15.0. The van der Waals surface area contributed by atoms with E-state index in [2.05, 4.69) is 17.1 Å². The molecule has 3 heterocycles. The topological polar surface area (TPSA) is 52.3 Å². The molecule has 0 spiro atoms. The molecule has 5 nitrogen and oxygen atoms in total. The van der Waals surface area contributed by atoms with Gasteiger partial charge < -0.3 is 4.74 Å². The first-order chi connectivity index (χ1) is 12.2. The molecule has 0 amide bonds. The summed E-state index contributed by atoms with van der Waals surface area (Å²) >= 11 is 1.82. The minimum absolute atomic E-state index is 0.717. The van der Waals surface area contributed by atoms with E-state index < -0.39 is 0 Å². The highest BCUT2D eigenvalue weighted by atomic mass is 32.1. The molecule has 1 aliphatic carbocycles. The van der Waals surface area contributed by atoms with Crippen LogP contribution in [0.25, 0.3) is 27.3 Å². The molecule has 3 aromatic heterocycles. The molecule has 0 aliphatic heterocycles. The van der Waals surface area contributed by atoms with E-state index in [9.17, 15) is 0 Å². The van der Waals surface area contributed by atoms with Gasteiger partial charge in [0.2, 0.25) is 0 Å². The van der Waals surface area contributed by atoms with Crippen molar-refractivity contribution in [2.24, 2.45) is 5.92 Å². The van der Waals surface area contributed by atoms with Gasteiger partial charge in [-0.05, 0) is 55.0 Å². The molecule has 0 fully saturated rings. The lowest BCUT2D eigenvalue weighted by molar-refractivity contribution is 0.415. The maximum absolute atomic E-state index is 5.24. The second-order valence-corrected chi connectivity index (χ2v) is 7.81. The van der Waals surface area contributed by atoms with Gasteiger partial charge in [-0.3, -0.25) is 4.40 Å². The van der Waals surface area contributed by atoms with Crippen LogP contribution < -0.4 is 4.74 Å². The zero-order chi connectivity index (χ0) is 17.0. The van der Waals surface area contributed by atoms with Crippen LogP contribution in [0.2, 0.25) is 0 Å². The normalized spacial score (nSPS) is 17.1. The van der Waals surface area contributed by atoms with Crippen molar-refractivity contribution in [3.8, 4) is 17.1 Å². The number of rotatable bonds is 2. The Kier molecular flexibility index (Phi) is 3.28. The van der Waals surface area contributed by atoms with Gasteiger partial charge in [-0.2, -0.15) is 0 Å². The molecular weight excluding hydrogens is 332 g/mol. The van der Waals surface area contributed by atoms with E-state index in [1.807, 2.05) is 46.3 Å². The Morgan fingerprint density at radius 2 is 2.04 bits per heavy atom. The van der Waals surface area contributed by atoms with E-state index in [0.717, 1.165) is 46.4 Å². The number of thiophene rings is 1. The molecule has 0 saturated heterocycles. The second-order valence-electron chi connectivity index (χ2n) is 6.72. The van der Waals surface area contributed by atoms with Gasteiger partial charge >= 0.3 is 0 Å². The third-order valence-electron chi connectivity index (χ3n) is 5.05. The third-order valence-corrected chi connectivity index (χ3v) is 6.25. The zero-order valence-electron chi connectivity index (χ0n) is 14.2. The molecule has 4 aromatic rings. The van der Waals surface area contributed by atoms with Gasteiger partial charge in [0.1, 0.15) is 16.9 Å². The van der Waals surface area contributed by atoms with Gasteiger partial charge in [-0.15, -0.1) is 21.5 Å². The number of aromatic nitrogens is 4. The largest absolute Gasteiger partial charge is 0.497 e. The van der Waals surface area contributed by atoms with Crippen molar-refractivity contribution in [3.63, 3.8) is 0 Å². The summed E-state index contributed by atoms with van der Waals surface area (Å²) in [6.07, 6.45) is 5.38. The Balaban J connectivity index is 1.72. The second kappa shape index (κ2) is 5.52. The summed E-state index contributed by atoms with van der Waals surface area (Å²) in [6, 6.07) is 7.89. The van der Waals surface area contributed by atoms with Crippen molar-refractivity contribution < 1.29 is 4.74 Å². The summed E-state index contributed by atoms with van der Waals surface area (Å²) in [7, 11) is 1.67. The average Bonchev–Trinajstić information content (AvgIpc) is 3.22. The van der Waals surface area contributed by atoms with Crippen LogP contribution in [-0.4, -0.2) is 26.7 Å². The number of methoxy groups -OCH3 is 1. The van der Waals surface area contributed by atoms with Gasteiger partial charge in [-0.1, -0.05) is 6.92 Å². The number of benzene rings is 1. The van der Waals surface area contributed by atoms with Crippen LogP contribution in [0.15, 0.2) is 30.6 Å². The SMILES string of the molecule is COc1ccc(-c2nnc3c4c5c(sc4ncn23)CC[C@H](C)C5)cc1. The number of fused-ring (bicyclic) bond motifs is 5. The maximum Gasteiger partial charge on any atom is 0.172 e. The van der Waals surface area contributed by atoms with Crippen LogP contribution >= 0.6 is 11.3 Å². The van der Waals surface area contributed by atoms with Gasteiger partial charge in [0.15, 0.2) is 11.5 Å². The van der Waals surface area contributed by atoms with Crippen molar-refractivity contribution in [2.75, 3.05) is 7.11 Å². The Labute approximate surface area is 149 Å². The van der Waals surface area contributed by atoms with Crippen LogP contribution in [0.3, 0.4) is 0 Å². The summed E-state index contributed by atoms with van der Waals surface area (Å²) in [6.45, 7) is 2.33. The molecule has 0 unspecified atom stereocenters. The van der Waals surface area contributed by atoms with Gasteiger partial charge in [0, 0.05) is 10.4 Å². The number of hydrogen-bond donors (Lipinski definition) is 0. The first-order valence-electron chi connectivity index (χ1n) is 8.53. The van der Waals surface area contributed by atoms with E-state index in [4.69, 9.17) is 9.72 Å². The first-order valence-corrected chi connectivity index (χ1v) is 9.34. The molecule has 0 saturated carbocycles. The average molecular weight is 350 g/mol. The molecular formula is C19H18N4OS. The Bertz CT molecular complexity index is 1080. The van der Waals surface area contributed by atoms with Crippen LogP contribution in [0.1, 0.15) is 23.8 Å². The molecule has 1 aliphatic rings. The van der Waals surface area contributed by atoms with Crippen molar-refractivity contribution in [3.05, 3.63) is 41.0 Å². The van der Waals surface area contributed by atoms with Crippen molar-refractivity contribution in [1.82, 2.24) is 19.6 Å². The van der Waals surface area contributed by atoms with E-state index in [1.54, 1.807) is 7.11 Å². The lowest BCUT2D eigenvalue weighted by Gasteiger charge is -2.17. The summed E-state index contributed by atoms with van der Waals surface area (Å²) in [5.41, 5.74) is 3.36. The van der Waals surface area contributed by atoms with Crippen molar-refractivity contribution in [2.45, 2.75) is 26.2 Å². The first kappa shape index (κ1) is 14.8.